The summed E-state index contributed by atoms with van der Waals surface area (Å²) in [5, 5.41) is 18.4. The fraction of sp³-hybridized carbons (Fsp3) is 0.286. The highest BCUT2D eigenvalue weighted by Gasteiger charge is 2.14. The van der Waals surface area contributed by atoms with Gasteiger partial charge in [0.1, 0.15) is 0 Å². The number of pyridine rings is 1. The highest BCUT2D eigenvalue weighted by Crippen LogP contribution is 2.22. The summed E-state index contributed by atoms with van der Waals surface area (Å²) >= 11 is 2.27. The summed E-state index contributed by atoms with van der Waals surface area (Å²) in [5.74, 6) is 0. The van der Waals surface area contributed by atoms with E-state index in [1.165, 1.54) is 0 Å². The van der Waals surface area contributed by atoms with E-state index in [0.29, 0.717) is 6.54 Å². The smallest absolute Gasteiger partial charge is 0.0795 e. The Morgan fingerprint density at radius 2 is 1.95 bits per heavy atom. The number of aromatic nitrogens is 4. The summed E-state index contributed by atoms with van der Waals surface area (Å²) in [6, 6.07) is 4.11. The van der Waals surface area contributed by atoms with Gasteiger partial charge in [0.2, 0.25) is 0 Å². The lowest BCUT2D eigenvalue weighted by atomic mass is 10.1. The summed E-state index contributed by atoms with van der Waals surface area (Å²) < 4.78 is 4.75. The van der Waals surface area contributed by atoms with Crippen LogP contribution in [0.3, 0.4) is 0 Å². The number of hydrogen-bond donors (Lipinski definition) is 1. The molecule has 6 heteroatoms. The molecule has 0 fully saturated rings. The van der Waals surface area contributed by atoms with Gasteiger partial charge in [-0.15, -0.1) is 0 Å². The van der Waals surface area contributed by atoms with Gasteiger partial charge in [-0.25, -0.2) is 4.52 Å². The third-order valence-electron chi connectivity index (χ3n) is 2.98. The third-order valence-corrected chi connectivity index (χ3v) is 3.82. The number of fused-ring (bicyclic) bond motifs is 1. The number of nitrogens with zero attached hydrogens (tertiary/aromatic N) is 4. The van der Waals surface area contributed by atoms with Gasteiger partial charge >= 0.3 is 0 Å². The second kappa shape index (κ2) is 4.85. The lowest BCUT2D eigenvalue weighted by molar-refractivity contribution is 0.0577. The molecule has 0 radical (unpaired) electrons. The van der Waals surface area contributed by atoms with Gasteiger partial charge in [-0.3, -0.25) is 4.68 Å². The van der Waals surface area contributed by atoms with Crippen molar-refractivity contribution in [3.8, 4) is 11.1 Å². The van der Waals surface area contributed by atoms with E-state index in [0.717, 1.165) is 20.2 Å². The normalized spacial score (nSPS) is 12.2. The van der Waals surface area contributed by atoms with Crippen LogP contribution in [-0.2, 0) is 6.54 Å². The van der Waals surface area contributed by atoms with Crippen LogP contribution in [0.15, 0.2) is 36.9 Å². The van der Waals surface area contributed by atoms with Crippen LogP contribution in [0.2, 0.25) is 0 Å². The molecule has 0 saturated heterocycles. The van der Waals surface area contributed by atoms with Crippen LogP contribution in [0.1, 0.15) is 13.8 Å². The van der Waals surface area contributed by atoms with Crippen LogP contribution in [-0.4, -0.2) is 30.1 Å². The summed E-state index contributed by atoms with van der Waals surface area (Å²) in [7, 11) is 0. The monoisotopic (exact) mass is 382 g/mol. The minimum absolute atomic E-state index is 0.467. The first-order valence-corrected chi connectivity index (χ1v) is 7.38. The summed E-state index contributed by atoms with van der Waals surface area (Å²) in [4.78, 5) is 0. The van der Waals surface area contributed by atoms with Gasteiger partial charge in [0.05, 0.1) is 33.6 Å². The average Bonchev–Trinajstić information content (AvgIpc) is 2.95. The van der Waals surface area contributed by atoms with Crippen LogP contribution < -0.4 is 0 Å². The molecule has 3 aromatic rings. The Bertz CT molecular complexity index is 754. The molecular weight excluding hydrogens is 367 g/mol. The van der Waals surface area contributed by atoms with Crippen molar-refractivity contribution in [3.05, 3.63) is 40.5 Å². The maximum absolute atomic E-state index is 9.82. The van der Waals surface area contributed by atoms with Crippen molar-refractivity contribution in [2.75, 3.05) is 0 Å². The molecule has 0 aliphatic rings. The highest BCUT2D eigenvalue weighted by molar-refractivity contribution is 14.1. The lowest BCUT2D eigenvalue weighted by Gasteiger charge is -2.16. The van der Waals surface area contributed by atoms with E-state index in [4.69, 9.17) is 0 Å². The van der Waals surface area contributed by atoms with Crippen molar-refractivity contribution in [2.45, 2.75) is 26.0 Å². The average molecular weight is 382 g/mol. The zero-order chi connectivity index (χ0) is 14.3. The Balaban J connectivity index is 1.94. The second-order valence-corrected chi connectivity index (χ2v) is 6.64. The highest BCUT2D eigenvalue weighted by atomic mass is 127. The molecular formula is C14H15IN4O. The molecule has 3 heterocycles. The molecule has 0 aliphatic carbocycles. The van der Waals surface area contributed by atoms with Crippen molar-refractivity contribution in [2.24, 2.45) is 0 Å². The standard InChI is InChI=1S/C14H15IN4O/c1-14(2,20)9-18-7-11(5-16-18)10-3-4-13-12(15)6-17-19(13)8-10/h3-8,20H,9H2,1-2H3. The Kier molecular flexibility index (Phi) is 3.29. The Morgan fingerprint density at radius 3 is 2.70 bits per heavy atom. The molecule has 20 heavy (non-hydrogen) atoms. The molecule has 3 aromatic heterocycles. The zero-order valence-corrected chi connectivity index (χ0v) is 13.4. The van der Waals surface area contributed by atoms with Gasteiger partial charge in [-0.05, 0) is 42.5 Å². The van der Waals surface area contributed by atoms with Gasteiger partial charge in [0.25, 0.3) is 0 Å². The first kappa shape index (κ1) is 13.6. The Labute approximate surface area is 130 Å². The molecule has 0 saturated carbocycles. The molecule has 0 amide bonds. The molecule has 0 bridgehead atoms. The SMILES string of the molecule is CC(C)(O)Cn1cc(-c2ccc3c(I)cnn3c2)cn1. The topological polar surface area (TPSA) is 55.3 Å². The first-order valence-electron chi connectivity index (χ1n) is 6.30. The summed E-state index contributed by atoms with van der Waals surface area (Å²) in [6.45, 7) is 4.01. The fourth-order valence-electron chi connectivity index (χ4n) is 2.12. The van der Waals surface area contributed by atoms with Gasteiger partial charge < -0.3 is 5.11 Å². The predicted molar refractivity (Wildman–Crippen MR) is 85.4 cm³/mol. The van der Waals surface area contributed by atoms with Crippen molar-refractivity contribution in [1.29, 1.82) is 0 Å². The van der Waals surface area contributed by atoms with E-state index in [2.05, 4.69) is 44.9 Å². The molecule has 0 atom stereocenters. The van der Waals surface area contributed by atoms with Gasteiger partial charge in [-0.1, -0.05) is 6.07 Å². The van der Waals surface area contributed by atoms with E-state index >= 15 is 0 Å². The first-order chi connectivity index (χ1) is 9.42. The van der Waals surface area contributed by atoms with Crippen molar-refractivity contribution >= 4 is 28.1 Å². The molecule has 1 N–H and O–H groups in total. The lowest BCUT2D eigenvalue weighted by Crippen LogP contribution is -2.26. The van der Waals surface area contributed by atoms with E-state index in [9.17, 15) is 5.11 Å². The molecule has 0 aromatic carbocycles. The Morgan fingerprint density at radius 1 is 1.15 bits per heavy atom. The minimum atomic E-state index is -0.772. The largest absolute Gasteiger partial charge is 0.389 e. The molecule has 5 nitrogen and oxygen atoms in total. The summed E-state index contributed by atoms with van der Waals surface area (Å²) in [6.07, 6.45) is 7.58. The van der Waals surface area contributed by atoms with Gasteiger partial charge in [0.15, 0.2) is 0 Å². The van der Waals surface area contributed by atoms with E-state index in [1.54, 1.807) is 24.7 Å². The molecule has 0 unspecified atom stereocenters. The number of rotatable bonds is 3. The van der Waals surface area contributed by atoms with Crippen LogP contribution in [0.25, 0.3) is 16.6 Å². The van der Waals surface area contributed by atoms with E-state index in [1.807, 2.05) is 23.1 Å². The van der Waals surface area contributed by atoms with Gasteiger partial charge in [0, 0.05) is 23.5 Å². The minimum Gasteiger partial charge on any atom is -0.389 e. The third kappa shape index (κ3) is 2.71. The molecule has 104 valence electrons. The number of aliphatic hydroxyl groups is 1. The van der Waals surface area contributed by atoms with Crippen molar-refractivity contribution in [3.63, 3.8) is 0 Å². The second-order valence-electron chi connectivity index (χ2n) is 5.48. The van der Waals surface area contributed by atoms with E-state index in [-0.39, 0.29) is 0 Å². The van der Waals surface area contributed by atoms with Crippen LogP contribution in [0.4, 0.5) is 0 Å². The van der Waals surface area contributed by atoms with Crippen LogP contribution >= 0.6 is 22.6 Å². The fourth-order valence-corrected chi connectivity index (χ4v) is 2.67. The van der Waals surface area contributed by atoms with Crippen molar-refractivity contribution < 1.29 is 5.11 Å². The van der Waals surface area contributed by atoms with Crippen LogP contribution in [0.5, 0.6) is 0 Å². The molecule has 3 rings (SSSR count). The summed E-state index contributed by atoms with van der Waals surface area (Å²) in [5.41, 5.74) is 2.39. The van der Waals surface area contributed by atoms with Crippen LogP contribution in [0, 0.1) is 3.57 Å². The number of halogens is 1. The maximum atomic E-state index is 9.82. The van der Waals surface area contributed by atoms with E-state index < -0.39 is 5.60 Å². The number of hydrogen-bond acceptors (Lipinski definition) is 3. The molecule has 0 spiro atoms. The predicted octanol–water partition coefficient (Wildman–Crippen LogP) is 2.57. The van der Waals surface area contributed by atoms with Crippen molar-refractivity contribution in [1.82, 2.24) is 19.4 Å². The maximum Gasteiger partial charge on any atom is 0.0795 e. The quantitative estimate of drug-likeness (QED) is 0.709. The zero-order valence-electron chi connectivity index (χ0n) is 11.3. The molecule has 0 aliphatic heterocycles. The Hall–Kier alpha value is -1.41. The van der Waals surface area contributed by atoms with Gasteiger partial charge in [-0.2, -0.15) is 10.2 Å².